The van der Waals surface area contributed by atoms with E-state index in [9.17, 15) is 24.3 Å². The number of methoxy groups -OCH3 is 2. The van der Waals surface area contributed by atoms with Crippen LogP contribution >= 0.6 is 58.0 Å². The Bertz CT molecular complexity index is 1920. The van der Waals surface area contributed by atoms with Gasteiger partial charge < -0.3 is 39.4 Å². The molecule has 59 heavy (non-hydrogen) atoms. The number of benzene rings is 2. The molecule has 2 fully saturated rings. The van der Waals surface area contributed by atoms with E-state index < -0.39 is 22.7 Å². The van der Waals surface area contributed by atoms with Gasteiger partial charge in [-0.2, -0.15) is 0 Å². The Morgan fingerprint density at radius 1 is 0.746 bits per heavy atom. The van der Waals surface area contributed by atoms with Gasteiger partial charge in [-0.1, -0.05) is 59.2 Å². The number of nitrogens with one attached hydrogen (secondary N) is 2. The fraction of sp³-hybridized carbons (Fsp3) is 0.524. The number of halogens is 5. The van der Waals surface area contributed by atoms with Gasteiger partial charge in [0.25, 0.3) is 11.8 Å². The number of aliphatic hydroxyl groups is 1. The fourth-order valence-corrected chi connectivity index (χ4v) is 10.0. The lowest BCUT2D eigenvalue weighted by molar-refractivity contribution is -0.117. The number of carbonyl (C=O) groups excluding carboxylic acids is 4. The van der Waals surface area contributed by atoms with Crippen LogP contribution in [0.4, 0.5) is 9.59 Å². The second kappa shape index (κ2) is 21.5. The van der Waals surface area contributed by atoms with E-state index in [-0.39, 0.29) is 47.0 Å². The summed E-state index contributed by atoms with van der Waals surface area (Å²) in [6, 6.07) is 6.65. The number of carbonyl (C=O) groups is 4. The highest BCUT2D eigenvalue weighted by Gasteiger charge is 2.52. The minimum absolute atomic E-state index is 0.0978. The third-order valence-electron chi connectivity index (χ3n) is 10.7. The Morgan fingerprint density at radius 3 is 1.66 bits per heavy atom. The van der Waals surface area contributed by atoms with Crippen molar-refractivity contribution in [2.75, 3.05) is 40.6 Å². The van der Waals surface area contributed by atoms with Crippen molar-refractivity contribution in [1.29, 1.82) is 0 Å². The van der Waals surface area contributed by atoms with Crippen LogP contribution in [0.25, 0.3) is 11.1 Å². The molecule has 2 heterocycles. The van der Waals surface area contributed by atoms with Gasteiger partial charge in [-0.15, -0.1) is 0 Å². The standard InChI is InChI=1S/C21H25Cl2NO5.C18H21Cl2NO3.C3H5ClO2/c1-4-28-20(26)29-18-17(16-12(2)8-14(22)9-15(16)23)19(25)24-21(18)7-5-6-13(10-21)11-27-3;1-10-6-12(19)7-13(20)14(10)15-16(22)18(21-17(15)23)5-3-4-11(8-18)9-24-2;1-2-6-3(4)5/h8-9,13H,4-7,10-11H2,1-3H3,(H,24,25);6-7,11,22H,3-5,8-9H2,1-2H3,(H,21,23);2H2,1H3. The zero-order valence-corrected chi connectivity index (χ0v) is 37.7. The van der Waals surface area contributed by atoms with Crippen molar-refractivity contribution < 1.29 is 48.0 Å². The third kappa shape index (κ3) is 11.6. The molecule has 12 nitrogen and oxygen atoms in total. The molecule has 0 saturated heterocycles. The number of aryl methyl sites for hydroxylation is 2. The van der Waals surface area contributed by atoms with Crippen molar-refractivity contribution in [3.63, 3.8) is 0 Å². The van der Waals surface area contributed by atoms with Crippen molar-refractivity contribution in [3.05, 3.63) is 78.1 Å². The van der Waals surface area contributed by atoms with Crippen molar-refractivity contribution in [1.82, 2.24) is 10.6 Å². The zero-order valence-electron chi connectivity index (χ0n) is 34.0. The normalized spacial score (nSPS) is 23.6. The van der Waals surface area contributed by atoms with Crippen LogP contribution in [0.2, 0.25) is 20.1 Å². The first-order valence-electron chi connectivity index (χ1n) is 19.4. The zero-order chi connectivity index (χ0) is 43.7. The molecule has 0 bridgehead atoms. The molecule has 0 radical (unpaired) electrons. The summed E-state index contributed by atoms with van der Waals surface area (Å²) in [6.07, 6.45) is 5.63. The average molecular weight is 921 g/mol. The van der Waals surface area contributed by atoms with E-state index in [4.69, 9.17) is 77.0 Å². The lowest BCUT2D eigenvalue weighted by Gasteiger charge is -2.38. The summed E-state index contributed by atoms with van der Waals surface area (Å²) < 4.78 is 25.4. The molecule has 4 unspecified atom stereocenters. The van der Waals surface area contributed by atoms with Gasteiger partial charge in [0.05, 0.1) is 45.5 Å². The summed E-state index contributed by atoms with van der Waals surface area (Å²) in [7, 11) is 3.33. The summed E-state index contributed by atoms with van der Waals surface area (Å²) in [5, 5.41) is 18.7. The second-order valence-corrected chi connectivity index (χ2v) is 16.9. The average Bonchev–Trinajstić information content (AvgIpc) is 3.51. The van der Waals surface area contributed by atoms with Crippen LogP contribution in [-0.2, 0) is 33.3 Å². The van der Waals surface area contributed by atoms with Crippen LogP contribution in [0, 0.1) is 25.7 Å². The van der Waals surface area contributed by atoms with Gasteiger partial charge in [-0.25, -0.2) is 9.59 Å². The Kier molecular flexibility index (Phi) is 17.7. The Balaban J connectivity index is 0.000000232. The quantitative estimate of drug-likeness (QED) is 0.163. The predicted octanol–water partition coefficient (Wildman–Crippen LogP) is 10.5. The second-order valence-electron chi connectivity index (χ2n) is 15.0. The van der Waals surface area contributed by atoms with Gasteiger partial charge in [-0.05, 0) is 113 Å². The number of amides is 2. The summed E-state index contributed by atoms with van der Waals surface area (Å²) in [5.74, 6) is 0.311. The molecule has 4 aliphatic rings. The number of aliphatic hydroxyl groups excluding tert-OH is 1. The van der Waals surface area contributed by atoms with Gasteiger partial charge in [0.15, 0.2) is 5.76 Å². The molecule has 17 heteroatoms. The number of hydrogen-bond acceptors (Lipinski definition) is 10. The summed E-state index contributed by atoms with van der Waals surface area (Å²) in [5.41, 5.74) is 0.851. The smallest absolute Gasteiger partial charge is 0.509 e. The first-order chi connectivity index (χ1) is 28.0. The molecule has 6 rings (SSSR count). The molecule has 0 aromatic heterocycles. The van der Waals surface area contributed by atoms with Crippen LogP contribution in [0.1, 0.15) is 87.5 Å². The molecule has 324 valence electrons. The molecule has 2 amide bonds. The molecular weight excluding hydrogens is 870 g/mol. The van der Waals surface area contributed by atoms with E-state index in [1.165, 1.54) is 0 Å². The molecule has 3 N–H and O–H groups in total. The molecular formula is C42H51Cl5N2O10. The fourth-order valence-electron chi connectivity index (χ4n) is 8.54. The predicted molar refractivity (Wildman–Crippen MR) is 229 cm³/mol. The minimum Gasteiger partial charge on any atom is -0.509 e. The Morgan fingerprint density at radius 2 is 1.20 bits per heavy atom. The van der Waals surface area contributed by atoms with E-state index in [1.807, 2.05) is 13.8 Å². The topological polar surface area (TPSA) is 159 Å². The third-order valence-corrected chi connectivity index (χ3v) is 11.9. The maximum atomic E-state index is 13.1. The molecule has 2 aliphatic heterocycles. The largest absolute Gasteiger partial charge is 0.513 e. The van der Waals surface area contributed by atoms with E-state index in [1.54, 1.807) is 52.3 Å². The number of ether oxygens (including phenoxy) is 5. The number of hydrogen-bond donors (Lipinski definition) is 3. The Hall–Kier alpha value is -3.23. The van der Waals surface area contributed by atoms with E-state index >= 15 is 0 Å². The van der Waals surface area contributed by atoms with Crippen LogP contribution < -0.4 is 10.6 Å². The monoisotopic (exact) mass is 918 g/mol. The molecule has 2 aliphatic carbocycles. The van der Waals surface area contributed by atoms with E-state index in [0.29, 0.717) is 76.2 Å². The van der Waals surface area contributed by atoms with Crippen molar-refractivity contribution in [3.8, 4) is 0 Å². The van der Waals surface area contributed by atoms with Crippen LogP contribution in [0.5, 0.6) is 0 Å². The highest BCUT2D eigenvalue weighted by atomic mass is 35.5. The van der Waals surface area contributed by atoms with E-state index in [0.717, 1.165) is 43.2 Å². The molecule has 2 aromatic rings. The molecule has 2 spiro atoms. The summed E-state index contributed by atoms with van der Waals surface area (Å²) in [6.45, 7) is 8.75. The summed E-state index contributed by atoms with van der Waals surface area (Å²) >= 11 is 29.6. The molecule has 4 atom stereocenters. The number of rotatable bonds is 9. The summed E-state index contributed by atoms with van der Waals surface area (Å²) in [4.78, 5) is 47.6. The SMILES string of the molecule is CCOC(=O)Cl.CCOC(=O)OC1=C(c2c(C)cc(Cl)cc2Cl)C(=O)NC12CCCC(COC)C2.COCC1CCCC2(C1)NC(=O)C(c1c(C)cc(Cl)cc1Cl)=C2O. The van der Waals surface area contributed by atoms with Crippen molar-refractivity contribution in [2.24, 2.45) is 11.8 Å². The van der Waals surface area contributed by atoms with Gasteiger partial charge >= 0.3 is 11.6 Å². The van der Waals surface area contributed by atoms with Crippen LogP contribution in [0.3, 0.4) is 0 Å². The maximum absolute atomic E-state index is 13.1. The van der Waals surface area contributed by atoms with E-state index in [2.05, 4.69) is 15.4 Å². The van der Waals surface area contributed by atoms with Crippen molar-refractivity contribution >= 4 is 92.5 Å². The molecule has 2 saturated carbocycles. The van der Waals surface area contributed by atoms with Crippen molar-refractivity contribution in [2.45, 2.75) is 90.1 Å². The highest BCUT2D eigenvalue weighted by Crippen LogP contribution is 2.48. The lowest BCUT2D eigenvalue weighted by Crippen LogP contribution is -2.49. The maximum Gasteiger partial charge on any atom is 0.513 e. The van der Waals surface area contributed by atoms with Gasteiger partial charge in [0, 0.05) is 60.2 Å². The highest BCUT2D eigenvalue weighted by molar-refractivity contribution is 6.61. The van der Waals surface area contributed by atoms with Gasteiger partial charge in [0.1, 0.15) is 5.76 Å². The van der Waals surface area contributed by atoms with Crippen LogP contribution in [-0.4, -0.2) is 80.2 Å². The Labute approximate surface area is 370 Å². The van der Waals surface area contributed by atoms with Gasteiger partial charge in [0.2, 0.25) is 0 Å². The lowest BCUT2D eigenvalue weighted by atomic mass is 9.75. The van der Waals surface area contributed by atoms with Crippen LogP contribution in [0.15, 0.2) is 35.8 Å². The first kappa shape index (κ1) is 48.4. The molecule has 2 aromatic carbocycles. The first-order valence-corrected chi connectivity index (χ1v) is 21.2. The van der Waals surface area contributed by atoms with Gasteiger partial charge in [-0.3, -0.25) is 9.59 Å². The minimum atomic E-state index is -0.840.